The summed E-state index contributed by atoms with van der Waals surface area (Å²) in [4.78, 5) is 11.4. The van der Waals surface area contributed by atoms with Crippen LogP contribution in [0.5, 0.6) is 0 Å². The van der Waals surface area contributed by atoms with Gasteiger partial charge in [-0.25, -0.2) is 0 Å². The van der Waals surface area contributed by atoms with Gasteiger partial charge < -0.3 is 10.5 Å². The second-order valence-corrected chi connectivity index (χ2v) is 3.52. The molecule has 1 aliphatic rings. The van der Waals surface area contributed by atoms with E-state index in [1.807, 2.05) is 6.07 Å². The summed E-state index contributed by atoms with van der Waals surface area (Å²) in [6.07, 6.45) is 0.713. The van der Waals surface area contributed by atoms with Crippen LogP contribution in [0.15, 0.2) is 18.2 Å². The molecule has 0 radical (unpaired) electrons. The third-order valence-electron chi connectivity index (χ3n) is 2.57. The predicted octanol–water partition coefficient (Wildman–Crippen LogP) is 0.232. The Morgan fingerprint density at radius 2 is 2.36 bits per heavy atom. The number of aromatic nitrogens is 1. The monoisotopic (exact) mass is 192 g/mol. The Kier molecular flexibility index (Phi) is 2.11. The molecule has 0 unspecified atom stereocenters. The lowest BCUT2D eigenvalue weighted by molar-refractivity contribution is -0.621. The van der Waals surface area contributed by atoms with Crippen molar-refractivity contribution in [2.24, 2.45) is 0 Å². The fraction of sp³-hybridized carbons (Fsp3) is 0.400. The van der Waals surface area contributed by atoms with Gasteiger partial charge in [0, 0.05) is 25.6 Å². The van der Waals surface area contributed by atoms with Crippen molar-refractivity contribution in [1.29, 1.82) is 0 Å². The molecule has 1 N–H and O–H groups in total. The highest BCUT2D eigenvalue weighted by Gasteiger charge is 2.31. The minimum absolute atomic E-state index is 0.0415. The number of aryl methyl sites for hydroxylation is 1. The number of amides is 1. The summed E-state index contributed by atoms with van der Waals surface area (Å²) in [5, 5.41) is 14.4. The maximum absolute atomic E-state index is 11.6. The highest BCUT2D eigenvalue weighted by atomic mass is 16.5. The summed E-state index contributed by atoms with van der Waals surface area (Å²) in [6.45, 7) is 2.40. The van der Waals surface area contributed by atoms with E-state index in [1.54, 1.807) is 19.1 Å². The number of nitrogens with one attached hydrogen (secondary N) is 1. The zero-order valence-corrected chi connectivity index (χ0v) is 7.99. The first-order valence-electron chi connectivity index (χ1n) is 4.67. The first kappa shape index (κ1) is 8.99. The number of carbonyl (C=O) groups is 1. The molecule has 2 rings (SSSR count). The molecule has 1 amide bonds. The maximum Gasteiger partial charge on any atom is 0.233 e. The zero-order valence-electron chi connectivity index (χ0n) is 7.99. The van der Waals surface area contributed by atoms with Gasteiger partial charge in [-0.05, 0) is 12.5 Å². The Hall–Kier alpha value is -1.58. The standard InChI is InChI=1S/C10H12N2O2/c1-7-3-2-4-9(12(7)14)8-5-6-11-10(8)13/h2-4,8H,5-6H2,1H3,(H,11,13)/t8-/m1/s1. The van der Waals surface area contributed by atoms with Crippen LogP contribution in [-0.4, -0.2) is 12.5 Å². The molecule has 0 aromatic carbocycles. The SMILES string of the molecule is Cc1cccc([C@H]2CCNC2=O)[n+]1[O-]. The van der Waals surface area contributed by atoms with Crippen LogP contribution in [0.3, 0.4) is 0 Å². The number of carbonyl (C=O) groups excluding carboxylic acids is 1. The molecular weight excluding hydrogens is 180 g/mol. The first-order chi connectivity index (χ1) is 6.70. The molecule has 74 valence electrons. The number of hydrogen-bond donors (Lipinski definition) is 1. The summed E-state index contributed by atoms with van der Waals surface area (Å²) in [5.41, 5.74) is 1.18. The molecule has 2 heterocycles. The van der Waals surface area contributed by atoms with E-state index >= 15 is 0 Å². The molecule has 14 heavy (non-hydrogen) atoms. The Bertz CT molecular complexity index is 376. The molecule has 0 bridgehead atoms. The first-order valence-corrected chi connectivity index (χ1v) is 4.67. The van der Waals surface area contributed by atoms with E-state index < -0.39 is 0 Å². The summed E-state index contributed by atoms with van der Waals surface area (Å²) in [5.74, 6) is -0.312. The average molecular weight is 192 g/mol. The minimum atomic E-state index is -0.271. The summed E-state index contributed by atoms with van der Waals surface area (Å²) >= 11 is 0. The van der Waals surface area contributed by atoms with Gasteiger partial charge >= 0.3 is 0 Å². The van der Waals surface area contributed by atoms with Crippen LogP contribution in [0.4, 0.5) is 0 Å². The highest BCUT2D eigenvalue weighted by molar-refractivity contribution is 5.84. The van der Waals surface area contributed by atoms with Crippen molar-refractivity contribution >= 4 is 5.91 Å². The number of nitrogens with zero attached hydrogens (tertiary/aromatic N) is 1. The molecule has 0 spiro atoms. The van der Waals surface area contributed by atoms with Crippen molar-refractivity contribution in [3.63, 3.8) is 0 Å². The normalized spacial score (nSPS) is 20.9. The Morgan fingerprint density at radius 3 is 3.00 bits per heavy atom. The van der Waals surface area contributed by atoms with Crippen molar-refractivity contribution in [2.45, 2.75) is 19.3 Å². The van der Waals surface area contributed by atoms with Gasteiger partial charge in [0.15, 0.2) is 5.69 Å². The molecule has 4 nitrogen and oxygen atoms in total. The zero-order chi connectivity index (χ0) is 10.1. The lowest BCUT2D eigenvalue weighted by atomic mass is 10.0. The Balaban J connectivity index is 2.41. The van der Waals surface area contributed by atoms with Gasteiger partial charge in [0.1, 0.15) is 5.92 Å². The van der Waals surface area contributed by atoms with Crippen LogP contribution >= 0.6 is 0 Å². The largest absolute Gasteiger partial charge is 0.618 e. The molecular formula is C10H12N2O2. The van der Waals surface area contributed by atoms with Gasteiger partial charge in [-0.15, -0.1) is 0 Å². The van der Waals surface area contributed by atoms with E-state index in [2.05, 4.69) is 5.32 Å². The van der Waals surface area contributed by atoms with Crippen molar-refractivity contribution in [3.8, 4) is 0 Å². The molecule has 1 aliphatic heterocycles. The third-order valence-corrected chi connectivity index (χ3v) is 2.57. The number of rotatable bonds is 1. The van der Waals surface area contributed by atoms with Crippen LogP contribution in [0, 0.1) is 12.1 Å². The molecule has 1 aromatic rings. The summed E-state index contributed by atoms with van der Waals surface area (Å²) < 4.78 is 0.843. The van der Waals surface area contributed by atoms with Crippen LogP contribution in [0.2, 0.25) is 0 Å². The molecule has 1 fully saturated rings. The van der Waals surface area contributed by atoms with Gasteiger partial charge in [-0.2, -0.15) is 4.73 Å². The highest BCUT2D eigenvalue weighted by Crippen LogP contribution is 2.20. The van der Waals surface area contributed by atoms with E-state index in [0.717, 1.165) is 4.73 Å². The van der Waals surface area contributed by atoms with E-state index in [9.17, 15) is 10.0 Å². The number of hydrogen-bond acceptors (Lipinski definition) is 2. The van der Waals surface area contributed by atoms with Crippen LogP contribution < -0.4 is 10.0 Å². The van der Waals surface area contributed by atoms with E-state index in [1.165, 1.54) is 0 Å². The lowest BCUT2D eigenvalue weighted by Gasteiger charge is -2.09. The quantitative estimate of drug-likeness (QED) is 0.511. The molecule has 4 heteroatoms. The van der Waals surface area contributed by atoms with Gasteiger partial charge in [-0.3, -0.25) is 4.79 Å². The van der Waals surface area contributed by atoms with E-state index in [4.69, 9.17) is 0 Å². The smallest absolute Gasteiger partial charge is 0.233 e. The topological polar surface area (TPSA) is 56.0 Å². The van der Waals surface area contributed by atoms with Gasteiger partial charge in [0.25, 0.3) is 0 Å². The van der Waals surface area contributed by atoms with Crippen molar-refractivity contribution < 1.29 is 9.52 Å². The maximum atomic E-state index is 11.6. The van der Waals surface area contributed by atoms with E-state index in [0.29, 0.717) is 24.4 Å². The van der Waals surface area contributed by atoms with Crippen molar-refractivity contribution in [1.82, 2.24) is 5.32 Å². The molecule has 0 aliphatic carbocycles. The van der Waals surface area contributed by atoms with E-state index in [-0.39, 0.29) is 11.8 Å². The fourth-order valence-corrected chi connectivity index (χ4v) is 1.76. The van der Waals surface area contributed by atoms with Gasteiger partial charge in [0.2, 0.25) is 11.6 Å². The number of pyridine rings is 1. The lowest BCUT2D eigenvalue weighted by Crippen LogP contribution is -2.38. The summed E-state index contributed by atoms with van der Waals surface area (Å²) in [6, 6.07) is 5.27. The van der Waals surface area contributed by atoms with Crippen LogP contribution in [0.25, 0.3) is 0 Å². The van der Waals surface area contributed by atoms with Crippen LogP contribution in [-0.2, 0) is 4.79 Å². The summed E-state index contributed by atoms with van der Waals surface area (Å²) in [7, 11) is 0. The second kappa shape index (κ2) is 3.29. The van der Waals surface area contributed by atoms with Crippen molar-refractivity contribution in [2.75, 3.05) is 6.54 Å². The second-order valence-electron chi connectivity index (χ2n) is 3.52. The molecule has 1 saturated heterocycles. The van der Waals surface area contributed by atoms with Crippen LogP contribution in [0.1, 0.15) is 23.7 Å². The third kappa shape index (κ3) is 1.32. The predicted molar refractivity (Wildman–Crippen MR) is 50.5 cm³/mol. The van der Waals surface area contributed by atoms with Gasteiger partial charge in [-0.1, -0.05) is 0 Å². The molecule has 0 saturated carbocycles. The Labute approximate surface area is 82.1 Å². The molecule has 1 aromatic heterocycles. The average Bonchev–Trinajstić information content (AvgIpc) is 2.57. The van der Waals surface area contributed by atoms with Crippen molar-refractivity contribution in [3.05, 3.63) is 34.8 Å². The fourth-order valence-electron chi connectivity index (χ4n) is 1.76. The Morgan fingerprint density at radius 1 is 1.57 bits per heavy atom. The van der Waals surface area contributed by atoms with Gasteiger partial charge in [0.05, 0.1) is 0 Å². The molecule has 1 atom stereocenters. The minimum Gasteiger partial charge on any atom is -0.618 e.